The molecule has 110 valence electrons. The molecule has 0 atom stereocenters. The van der Waals surface area contributed by atoms with E-state index < -0.39 is 23.3 Å². The second-order valence-electron chi connectivity index (χ2n) is 4.39. The molecule has 1 aromatic carbocycles. The summed E-state index contributed by atoms with van der Waals surface area (Å²) < 4.78 is 38.7. The Kier molecular flexibility index (Phi) is 3.84. The molecule has 0 aliphatic heterocycles. The molecule has 2 aromatic rings. The number of carboxylic acid groups (broad SMARTS) is 1. The van der Waals surface area contributed by atoms with E-state index >= 15 is 0 Å². The van der Waals surface area contributed by atoms with E-state index in [1.165, 1.54) is 18.2 Å². The number of hydrogen-bond acceptors (Lipinski definition) is 2. The summed E-state index contributed by atoms with van der Waals surface area (Å²) in [6.07, 6.45) is -3.83. The summed E-state index contributed by atoms with van der Waals surface area (Å²) in [6.45, 7) is -0.135. The average molecular weight is 297 g/mol. The summed E-state index contributed by atoms with van der Waals surface area (Å²) in [7, 11) is 0. The van der Waals surface area contributed by atoms with Gasteiger partial charge in [-0.3, -0.25) is 4.79 Å². The molecule has 1 N–H and O–H groups in total. The van der Waals surface area contributed by atoms with Gasteiger partial charge in [-0.05, 0) is 23.8 Å². The van der Waals surface area contributed by atoms with Crippen LogP contribution in [0.2, 0.25) is 0 Å². The summed E-state index contributed by atoms with van der Waals surface area (Å²) in [5.74, 6) is -1.15. The molecule has 1 heterocycles. The lowest BCUT2D eigenvalue weighted by Gasteiger charge is -2.11. The van der Waals surface area contributed by atoms with Crippen LogP contribution in [0, 0.1) is 0 Å². The molecule has 0 aliphatic rings. The number of rotatable bonds is 3. The SMILES string of the molecule is O=C(O)c1cccc(Cn2cc(C(F)(F)F)ccc2=O)c1. The number of alkyl halides is 3. The molecule has 0 saturated carbocycles. The van der Waals surface area contributed by atoms with Crippen LogP contribution in [-0.4, -0.2) is 15.6 Å². The van der Waals surface area contributed by atoms with Gasteiger partial charge >= 0.3 is 12.1 Å². The Hall–Kier alpha value is -2.57. The molecule has 0 aliphatic carbocycles. The van der Waals surface area contributed by atoms with Crippen LogP contribution in [0.3, 0.4) is 0 Å². The molecule has 1 aromatic heterocycles. The third-order valence-electron chi connectivity index (χ3n) is 2.84. The number of aromatic carboxylic acids is 1. The summed E-state index contributed by atoms with van der Waals surface area (Å²) >= 11 is 0. The lowest BCUT2D eigenvalue weighted by atomic mass is 10.1. The van der Waals surface area contributed by atoms with Crippen LogP contribution in [0.15, 0.2) is 47.4 Å². The van der Waals surface area contributed by atoms with E-state index in [1.807, 2.05) is 0 Å². The van der Waals surface area contributed by atoms with Crippen molar-refractivity contribution in [2.75, 3.05) is 0 Å². The van der Waals surface area contributed by atoms with Gasteiger partial charge in [-0.2, -0.15) is 13.2 Å². The lowest BCUT2D eigenvalue weighted by Crippen LogP contribution is -2.22. The standard InChI is InChI=1S/C14H10F3NO3/c15-14(16,17)11-4-5-12(19)18(8-11)7-9-2-1-3-10(6-9)13(20)21/h1-6,8H,7H2,(H,20,21). The van der Waals surface area contributed by atoms with Gasteiger partial charge < -0.3 is 9.67 Å². The van der Waals surface area contributed by atoms with Crippen molar-refractivity contribution in [1.29, 1.82) is 0 Å². The maximum Gasteiger partial charge on any atom is 0.417 e. The molecule has 0 radical (unpaired) electrons. The number of aromatic nitrogens is 1. The lowest BCUT2D eigenvalue weighted by molar-refractivity contribution is -0.138. The van der Waals surface area contributed by atoms with E-state index in [0.717, 1.165) is 16.8 Å². The highest BCUT2D eigenvalue weighted by atomic mass is 19.4. The predicted molar refractivity (Wildman–Crippen MR) is 68.2 cm³/mol. The van der Waals surface area contributed by atoms with Gasteiger partial charge in [-0.25, -0.2) is 4.79 Å². The monoisotopic (exact) mass is 297 g/mol. The van der Waals surface area contributed by atoms with Crippen LogP contribution in [-0.2, 0) is 12.7 Å². The van der Waals surface area contributed by atoms with E-state index in [1.54, 1.807) is 6.07 Å². The first-order valence-electron chi connectivity index (χ1n) is 5.87. The van der Waals surface area contributed by atoms with Crippen LogP contribution in [0.5, 0.6) is 0 Å². The van der Waals surface area contributed by atoms with Crippen molar-refractivity contribution in [3.8, 4) is 0 Å². The van der Waals surface area contributed by atoms with Crippen molar-refractivity contribution in [1.82, 2.24) is 4.57 Å². The first kappa shape index (κ1) is 14.8. The van der Waals surface area contributed by atoms with Crippen LogP contribution < -0.4 is 5.56 Å². The summed E-state index contributed by atoms with van der Waals surface area (Å²) in [6, 6.07) is 7.24. The topological polar surface area (TPSA) is 59.3 Å². The zero-order valence-electron chi connectivity index (χ0n) is 10.6. The number of hydrogen-bond donors (Lipinski definition) is 1. The van der Waals surface area contributed by atoms with Crippen molar-refractivity contribution in [2.24, 2.45) is 0 Å². The Morgan fingerprint density at radius 3 is 2.52 bits per heavy atom. The molecular weight excluding hydrogens is 287 g/mol. The zero-order valence-corrected chi connectivity index (χ0v) is 10.6. The molecular formula is C14H10F3NO3. The van der Waals surface area contributed by atoms with Crippen LogP contribution in [0.1, 0.15) is 21.5 Å². The Balaban J connectivity index is 2.37. The van der Waals surface area contributed by atoms with Crippen molar-refractivity contribution in [2.45, 2.75) is 12.7 Å². The molecule has 4 nitrogen and oxygen atoms in total. The molecule has 0 spiro atoms. The normalized spacial score (nSPS) is 11.4. The minimum atomic E-state index is -4.54. The fourth-order valence-corrected chi connectivity index (χ4v) is 1.82. The second-order valence-corrected chi connectivity index (χ2v) is 4.39. The molecule has 0 bridgehead atoms. The van der Waals surface area contributed by atoms with Gasteiger partial charge in [0.25, 0.3) is 5.56 Å². The molecule has 7 heteroatoms. The van der Waals surface area contributed by atoms with Gasteiger partial charge in [0, 0.05) is 12.3 Å². The molecule has 0 saturated heterocycles. The number of carbonyl (C=O) groups is 1. The first-order valence-corrected chi connectivity index (χ1v) is 5.87. The fraction of sp³-hybridized carbons (Fsp3) is 0.143. The van der Waals surface area contributed by atoms with Crippen molar-refractivity contribution in [3.05, 3.63) is 69.6 Å². The number of nitrogens with zero attached hydrogens (tertiary/aromatic N) is 1. The number of halogens is 3. The largest absolute Gasteiger partial charge is 0.478 e. The van der Waals surface area contributed by atoms with Crippen molar-refractivity contribution >= 4 is 5.97 Å². The minimum absolute atomic E-state index is 0.00697. The molecule has 0 fully saturated rings. The van der Waals surface area contributed by atoms with E-state index in [4.69, 9.17) is 5.11 Å². The van der Waals surface area contributed by atoms with E-state index in [-0.39, 0.29) is 12.1 Å². The van der Waals surface area contributed by atoms with Crippen molar-refractivity contribution in [3.63, 3.8) is 0 Å². The van der Waals surface area contributed by atoms with Crippen LogP contribution in [0.4, 0.5) is 13.2 Å². The third kappa shape index (κ3) is 3.50. The number of carboxylic acids is 1. The second kappa shape index (κ2) is 5.43. The van der Waals surface area contributed by atoms with Crippen LogP contribution >= 0.6 is 0 Å². The highest BCUT2D eigenvalue weighted by Gasteiger charge is 2.31. The van der Waals surface area contributed by atoms with E-state index in [2.05, 4.69) is 0 Å². The Labute approximate surface area is 117 Å². The number of benzene rings is 1. The molecule has 21 heavy (non-hydrogen) atoms. The fourth-order valence-electron chi connectivity index (χ4n) is 1.82. The number of pyridine rings is 1. The maximum absolute atomic E-state index is 12.6. The highest BCUT2D eigenvalue weighted by molar-refractivity contribution is 5.87. The molecule has 0 unspecified atom stereocenters. The smallest absolute Gasteiger partial charge is 0.417 e. The Morgan fingerprint density at radius 2 is 1.90 bits per heavy atom. The summed E-state index contributed by atoms with van der Waals surface area (Å²) in [5.41, 5.74) is -1.09. The van der Waals surface area contributed by atoms with Gasteiger partial charge in [0.2, 0.25) is 0 Å². The Morgan fingerprint density at radius 1 is 1.19 bits per heavy atom. The van der Waals surface area contributed by atoms with E-state index in [0.29, 0.717) is 11.6 Å². The average Bonchev–Trinajstić information content (AvgIpc) is 2.40. The molecule has 0 amide bonds. The maximum atomic E-state index is 12.6. The van der Waals surface area contributed by atoms with E-state index in [9.17, 15) is 22.8 Å². The van der Waals surface area contributed by atoms with Gasteiger partial charge in [-0.1, -0.05) is 12.1 Å². The highest BCUT2D eigenvalue weighted by Crippen LogP contribution is 2.28. The zero-order chi connectivity index (χ0) is 15.6. The Bertz CT molecular complexity index is 735. The minimum Gasteiger partial charge on any atom is -0.478 e. The van der Waals surface area contributed by atoms with Crippen LogP contribution in [0.25, 0.3) is 0 Å². The third-order valence-corrected chi connectivity index (χ3v) is 2.84. The predicted octanol–water partition coefficient (Wildman–Crippen LogP) is 2.61. The first-order chi connectivity index (χ1) is 9.77. The van der Waals surface area contributed by atoms with Gasteiger partial charge in [0.15, 0.2) is 0 Å². The van der Waals surface area contributed by atoms with Gasteiger partial charge in [0.1, 0.15) is 0 Å². The van der Waals surface area contributed by atoms with Gasteiger partial charge in [-0.15, -0.1) is 0 Å². The summed E-state index contributed by atoms with van der Waals surface area (Å²) in [5, 5.41) is 8.86. The summed E-state index contributed by atoms with van der Waals surface area (Å²) in [4.78, 5) is 22.4. The molecule has 2 rings (SSSR count). The quantitative estimate of drug-likeness (QED) is 0.947. The van der Waals surface area contributed by atoms with Gasteiger partial charge in [0.05, 0.1) is 17.7 Å². The van der Waals surface area contributed by atoms with Crippen molar-refractivity contribution < 1.29 is 23.1 Å².